The van der Waals surface area contributed by atoms with Crippen molar-refractivity contribution in [1.29, 1.82) is 0 Å². The van der Waals surface area contributed by atoms with E-state index >= 15 is 0 Å². The quantitative estimate of drug-likeness (QED) is 0.188. The van der Waals surface area contributed by atoms with E-state index in [0.717, 1.165) is 0 Å². The van der Waals surface area contributed by atoms with Crippen molar-refractivity contribution in [3.63, 3.8) is 0 Å². The number of unbranched alkanes of at least 4 members (excludes halogenated alkanes) is 6. The Hall–Kier alpha value is 1.50. The fourth-order valence-corrected chi connectivity index (χ4v) is 15.0. The molecule has 22 heavy (non-hydrogen) atoms. The van der Waals surface area contributed by atoms with Crippen LogP contribution >= 0.6 is 0 Å². The van der Waals surface area contributed by atoms with E-state index in [1.54, 1.807) is 0 Å². The van der Waals surface area contributed by atoms with E-state index in [2.05, 4.69) is 13.8 Å². The van der Waals surface area contributed by atoms with Gasteiger partial charge in [0.1, 0.15) is 0 Å². The molecular weight excluding hydrogens is 503 g/mol. The summed E-state index contributed by atoms with van der Waals surface area (Å²) in [6, 6.07) is 0. The van der Waals surface area contributed by atoms with Crippen LogP contribution in [0.3, 0.4) is 0 Å². The SMILES string of the molecule is CCCCCCC(C[Te][Te]CC(CCCCCC)OC)OC. The molecule has 2 nitrogen and oxygen atoms in total. The molecule has 0 bridgehead atoms. The Morgan fingerprint density at radius 3 is 1.36 bits per heavy atom. The summed E-state index contributed by atoms with van der Waals surface area (Å²) in [5, 5.41) is 0. The van der Waals surface area contributed by atoms with Crippen molar-refractivity contribution in [3.8, 4) is 0 Å². The van der Waals surface area contributed by atoms with E-state index in [0.29, 0.717) is 12.2 Å². The average Bonchev–Trinajstić information content (AvgIpc) is 2.55. The molecule has 0 aromatic carbocycles. The van der Waals surface area contributed by atoms with Gasteiger partial charge in [-0.25, -0.2) is 0 Å². The molecule has 0 rings (SSSR count). The Balaban J connectivity index is 3.59. The van der Waals surface area contributed by atoms with Crippen LogP contribution in [0.2, 0.25) is 8.94 Å². The molecular formula is C18H38O2Te2. The van der Waals surface area contributed by atoms with Gasteiger partial charge in [0.15, 0.2) is 0 Å². The van der Waals surface area contributed by atoms with Gasteiger partial charge in [-0.15, -0.1) is 0 Å². The van der Waals surface area contributed by atoms with Crippen LogP contribution in [0.15, 0.2) is 0 Å². The van der Waals surface area contributed by atoms with E-state index < -0.39 is 0 Å². The van der Waals surface area contributed by atoms with Gasteiger partial charge in [0, 0.05) is 0 Å². The first-order chi connectivity index (χ1) is 10.8. The van der Waals surface area contributed by atoms with Gasteiger partial charge >= 0.3 is 157 Å². The summed E-state index contributed by atoms with van der Waals surface area (Å²) in [6.07, 6.45) is 14.6. The summed E-state index contributed by atoms with van der Waals surface area (Å²) in [7, 11) is 3.81. The standard InChI is InChI=1S/C18H38O2Te2/c1-5-7-9-11-13-17(19-3)15-21-22-16-18(20-4)14-12-10-8-6-2/h17-18H,5-16H2,1-4H3. The second kappa shape index (κ2) is 18.8. The van der Waals surface area contributed by atoms with Gasteiger partial charge in [-0.05, 0) is 0 Å². The molecule has 134 valence electrons. The molecule has 0 aliphatic rings. The minimum atomic E-state index is 0.234. The summed E-state index contributed by atoms with van der Waals surface area (Å²) in [4.78, 5) is 0. The van der Waals surface area contributed by atoms with E-state index in [1.807, 2.05) is 14.2 Å². The molecule has 0 aliphatic carbocycles. The average molecular weight is 542 g/mol. The normalized spacial score (nSPS) is 14.2. The molecule has 0 radical (unpaired) electrons. The van der Waals surface area contributed by atoms with Crippen LogP contribution in [0.4, 0.5) is 0 Å². The third kappa shape index (κ3) is 15.1. The zero-order valence-corrected chi connectivity index (χ0v) is 19.9. The summed E-state index contributed by atoms with van der Waals surface area (Å²) in [5.74, 6) is 0. The van der Waals surface area contributed by atoms with Gasteiger partial charge in [0.2, 0.25) is 0 Å². The Morgan fingerprint density at radius 2 is 1.05 bits per heavy atom. The Labute approximate surface area is 156 Å². The number of hydrogen-bond donors (Lipinski definition) is 0. The molecule has 0 saturated carbocycles. The molecule has 0 aromatic heterocycles. The summed E-state index contributed by atoms with van der Waals surface area (Å²) in [6.45, 7) is 4.56. The van der Waals surface area contributed by atoms with Gasteiger partial charge in [0.05, 0.1) is 0 Å². The fourth-order valence-electron chi connectivity index (χ4n) is 2.38. The van der Waals surface area contributed by atoms with Gasteiger partial charge in [-0.1, -0.05) is 0 Å². The van der Waals surface area contributed by atoms with Gasteiger partial charge < -0.3 is 0 Å². The topological polar surface area (TPSA) is 18.5 Å². The summed E-state index contributed by atoms with van der Waals surface area (Å²) >= 11 is 0.468. The monoisotopic (exact) mass is 546 g/mol. The van der Waals surface area contributed by atoms with E-state index in [-0.39, 0.29) is 34.1 Å². The molecule has 0 heterocycles. The summed E-state index contributed by atoms with van der Waals surface area (Å²) in [5.41, 5.74) is 0. The van der Waals surface area contributed by atoms with Crippen LogP contribution < -0.4 is 0 Å². The van der Waals surface area contributed by atoms with E-state index in [4.69, 9.17) is 9.47 Å². The number of hydrogen-bond acceptors (Lipinski definition) is 2. The van der Waals surface area contributed by atoms with Crippen LogP contribution in [0, 0.1) is 0 Å². The molecule has 4 heteroatoms. The van der Waals surface area contributed by atoms with Crippen LogP contribution in [-0.4, -0.2) is 60.5 Å². The second-order valence-electron chi connectivity index (χ2n) is 5.98. The van der Waals surface area contributed by atoms with Crippen molar-refractivity contribution in [2.45, 2.75) is 99.2 Å². The Morgan fingerprint density at radius 1 is 0.636 bits per heavy atom. The number of rotatable bonds is 17. The van der Waals surface area contributed by atoms with Gasteiger partial charge in [0.25, 0.3) is 0 Å². The van der Waals surface area contributed by atoms with Gasteiger partial charge in [-0.2, -0.15) is 0 Å². The van der Waals surface area contributed by atoms with Crippen LogP contribution in [-0.2, 0) is 9.47 Å². The molecule has 0 aliphatic heterocycles. The van der Waals surface area contributed by atoms with Crippen molar-refractivity contribution in [2.24, 2.45) is 0 Å². The maximum atomic E-state index is 5.68. The zero-order chi connectivity index (χ0) is 16.5. The predicted octanol–water partition coefficient (Wildman–Crippen LogP) is 5.12. The van der Waals surface area contributed by atoms with Crippen LogP contribution in [0.1, 0.15) is 78.1 Å². The third-order valence-electron chi connectivity index (χ3n) is 4.02. The second-order valence-corrected chi connectivity index (χ2v) is 18.3. The summed E-state index contributed by atoms with van der Waals surface area (Å²) < 4.78 is 14.2. The van der Waals surface area contributed by atoms with Crippen LogP contribution in [0.5, 0.6) is 0 Å². The molecule has 0 fully saturated rings. The van der Waals surface area contributed by atoms with Gasteiger partial charge in [-0.3, -0.25) is 0 Å². The molecule has 0 saturated heterocycles. The van der Waals surface area contributed by atoms with Crippen LogP contribution in [0.25, 0.3) is 0 Å². The van der Waals surface area contributed by atoms with E-state index in [1.165, 1.54) is 73.1 Å². The molecule has 0 N–H and O–H groups in total. The molecule has 2 atom stereocenters. The van der Waals surface area contributed by atoms with Crippen molar-refractivity contribution >= 4 is 34.1 Å². The molecule has 0 aromatic rings. The predicted molar refractivity (Wildman–Crippen MR) is 100 cm³/mol. The Bertz CT molecular complexity index is 193. The molecule has 0 amide bonds. The fraction of sp³-hybridized carbons (Fsp3) is 1.00. The van der Waals surface area contributed by atoms with Crippen molar-refractivity contribution in [1.82, 2.24) is 0 Å². The first kappa shape index (κ1) is 23.5. The maximum absolute atomic E-state index is 5.68. The molecule has 0 spiro atoms. The third-order valence-corrected chi connectivity index (χ3v) is 15.8. The van der Waals surface area contributed by atoms with Crippen molar-refractivity contribution < 1.29 is 9.47 Å². The number of ether oxygens (including phenoxy) is 2. The number of methoxy groups -OCH3 is 2. The van der Waals surface area contributed by atoms with Crippen molar-refractivity contribution in [3.05, 3.63) is 0 Å². The molecule has 2 unspecified atom stereocenters. The Kier molecular flexibility index (Phi) is 20.1. The zero-order valence-electron chi connectivity index (χ0n) is 15.3. The van der Waals surface area contributed by atoms with E-state index in [9.17, 15) is 0 Å². The van der Waals surface area contributed by atoms with Crippen molar-refractivity contribution in [2.75, 3.05) is 14.2 Å². The minimum absolute atomic E-state index is 0.234. The first-order valence-electron chi connectivity index (χ1n) is 9.08. The first-order valence-corrected chi connectivity index (χ1v) is 19.7.